The molecule has 1 atom stereocenters. The Hall–Kier alpha value is -2.60. The van der Waals surface area contributed by atoms with Gasteiger partial charge >= 0.3 is 0 Å². The summed E-state index contributed by atoms with van der Waals surface area (Å²) in [6.07, 6.45) is 0.471. The van der Waals surface area contributed by atoms with Gasteiger partial charge in [-0.05, 0) is 43.2 Å². The number of imide groups is 1. The second-order valence-corrected chi connectivity index (χ2v) is 7.82. The molecule has 1 aliphatic heterocycles. The molecule has 1 N–H and O–H groups in total. The minimum atomic E-state index is -0.425. The number of benzene rings is 2. The Morgan fingerprint density at radius 3 is 2.59 bits per heavy atom. The van der Waals surface area contributed by atoms with Crippen LogP contribution in [0.1, 0.15) is 24.0 Å². The van der Waals surface area contributed by atoms with Gasteiger partial charge in [0.2, 0.25) is 17.7 Å². The van der Waals surface area contributed by atoms with E-state index in [-0.39, 0.29) is 24.1 Å². The average molecular weight is 382 g/mol. The second-order valence-electron chi connectivity index (χ2n) is 6.51. The minimum Gasteiger partial charge on any atom is -0.326 e. The zero-order chi connectivity index (χ0) is 19.4. The van der Waals surface area contributed by atoms with Crippen molar-refractivity contribution in [1.82, 2.24) is 0 Å². The first kappa shape index (κ1) is 19.2. The van der Waals surface area contributed by atoms with Gasteiger partial charge in [-0.3, -0.25) is 14.4 Å². The molecule has 5 nitrogen and oxygen atoms in total. The predicted octanol–water partition coefficient (Wildman–Crippen LogP) is 3.70. The summed E-state index contributed by atoms with van der Waals surface area (Å²) in [6.45, 7) is 3.97. The first-order chi connectivity index (χ1) is 13.0. The third-order valence-electron chi connectivity index (χ3n) is 4.65. The molecule has 0 spiro atoms. The van der Waals surface area contributed by atoms with Crippen LogP contribution < -0.4 is 10.2 Å². The van der Waals surface area contributed by atoms with E-state index in [0.717, 1.165) is 16.8 Å². The average Bonchev–Trinajstić information content (AvgIpc) is 2.93. The van der Waals surface area contributed by atoms with Crippen LogP contribution in [0, 0.1) is 13.8 Å². The summed E-state index contributed by atoms with van der Waals surface area (Å²) in [5, 5.41) is 2.49. The van der Waals surface area contributed by atoms with Crippen LogP contribution in [0.2, 0.25) is 0 Å². The Balaban J connectivity index is 1.52. The molecule has 2 aromatic rings. The van der Waals surface area contributed by atoms with Gasteiger partial charge in [0.15, 0.2) is 0 Å². The van der Waals surface area contributed by atoms with E-state index < -0.39 is 5.25 Å². The molecule has 1 heterocycles. The van der Waals surface area contributed by atoms with Gasteiger partial charge in [-0.15, -0.1) is 11.8 Å². The van der Waals surface area contributed by atoms with Gasteiger partial charge < -0.3 is 5.32 Å². The fourth-order valence-electron chi connectivity index (χ4n) is 2.98. The van der Waals surface area contributed by atoms with Gasteiger partial charge in [-0.1, -0.05) is 30.3 Å². The van der Waals surface area contributed by atoms with E-state index >= 15 is 0 Å². The van der Waals surface area contributed by atoms with Gasteiger partial charge in [0.25, 0.3) is 0 Å². The van der Waals surface area contributed by atoms with E-state index in [9.17, 15) is 14.4 Å². The van der Waals surface area contributed by atoms with Crippen molar-refractivity contribution in [3.8, 4) is 0 Å². The molecule has 27 heavy (non-hydrogen) atoms. The van der Waals surface area contributed by atoms with Gasteiger partial charge in [-0.25, -0.2) is 4.90 Å². The highest BCUT2D eigenvalue weighted by Crippen LogP contribution is 2.30. The molecule has 3 amide bonds. The number of nitrogens with zero attached hydrogens (tertiary/aromatic N) is 1. The summed E-state index contributed by atoms with van der Waals surface area (Å²) in [5.41, 5.74) is 3.59. The molecule has 0 bridgehead atoms. The first-order valence-corrected chi connectivity index (χ1v) is 9.92. The zero-order valence-electron chi connectivity index (χ0n) is 15.4. The Kier molecular flexibility index (Phi) is 5.96. The summed E-state index contributed by atoms with van der Waals surface area (Å²) < 4.78 is 0. The summed E-state index contributed by atoms with van der Waals surface area (Å²) in [5.74, 6) is 0.00536. The Morgan fingerprint density at radius 2 is 1.85 bits per heavy atom. The Labute approximate surface area is 163 Å². The van der Waals surface area contributed by atoms with E-state index in [1.807, 2.05) is 38.1 Å². The van der Waals surface area contributed by atoms with Crippen molar-refractivity contribution in [3.63, 3.8) is 0 Å². The number of carbonyl (C=O) groups is 3. The van der Waals surface area contributed by atoms with E-state index in [1.165, 1.54) is 16.7 Å². The lowest BCUT2D eigenvalue weighted by atomic mass is 10.1. The van der Waals surface area contributed by atoms with Crippen LogP contribution in [-0.4, -0.2) is 28.7 Å². The molecule has 0 aromatic heterocycles. The van der Waals surface area contributed by atoms with Crippen molar-refractivity contribution < 1.29 is 14.4 Å². The zero-order valence-corrected chi connectivity index (χ0v) is 16.2. The molecule has 0 unspecified atom stereocenters. The molecule has 0 aliphatic carbocycles. The lowest BCUT2D eigenvalue weighted by Gasteiger charge is -2.14. The predicted molar refractivity (Wildman–Crippen MR) is 109 cm³/mol. The lowest BCUT2D eigenvalue weighted by Crippen LogP contribution is -2.31. The van der Waals surface area contributed by atoms with Crippen LogP contribution in [-0.2, 0) is 14.4 Å². The molecule has 0 saturated carbocycles. The fourth-order valence-corrected chi connectivity index (χ4v) is 4.07. The van der Waals surface area contributed by atoms with Gasteiger partial charge in [0.05, 0.1) is 10.9 Å². The maximum atomic E-state index is 12.5. The van der Waals surface area contributed by atoms with Crippen LogP contribution in [0.5, 0.6) is 0 Å². The SMILES string of the molecule is Cc1cccc(NC(=O)CCS[C@H]2CC(=O)N(c3ccccc3)C2=O)c1C. The minimum absolute atomic E-state index is 0.0899. The van der Waals surface area contributed by atoms with Crippen LogP contribution >= 0.6 is 11.8 Å². The van der Waals surface area contributed by atoms with Crippen LogP contribution in [0.25, 0.3) is 0 Å². The van der Waals surface area contributed by atoms with Crippen molar-refractivity contribution in [2.24, 2.45) is 0 Å². The van der Waals surface area contributed by atoms with Crippen molar-refractivity contribution in [3.05, 3.63) is 59.7 Å². The largest absolute Gasteiger partial charge is 0.326 e. The van der Waals surface area contributed by atoms with Gasteiger partial charge in [0, 0.05) is 24.3 Å². The molecular formula is C21H22N2O3S. The number of carbonyl (C=O) groups excluding carboxylic acids is 3. The fraction of sp³-hybridized carbons (Fsp3) is 0.286. The second kappa shape index (κ2) is 8.39. The molecule has 1 aliphatic rings. The first-order valence-electron chi connectivity index (χ1n) is 8.87. The normalized spacial score (nSPS) is 16.7. The number of anilines is 2. The Bertz CT molecular complexity index is 867. The van der Waals surface area contributed by atoms with Crippen LogP contribution in [0.4, 0.5) is 11.4 Å². The number of thioether (sulfide) groups is 1. The molecule has 1 fully saturated rings. The van der Waals surface area contributed by atoms with E-state index in [2.05, 4.69) is 5.32 Å². The molecule has 1 saturated heterocycles. The maximum Gasteiger partial charge on any atom is 0.247 e. The number of amides is 3. The number of para-hydroxylation sites is 1. The van der Waals surface area contributed by atoms with E-state index in [1.54, 1.807) is 24.3 Å². The molecule has 3 rings (SSSR count). The van der Waals surface area contributed by atoms with Crippen molar-refractivity contribution in [2.75, 3.05) is 16.0 Å². The maximum absolute atomic E-state index is 12.5. The third kappa shape index (κ3) is 4.39. The Morgan fingerprint density at radius 1 is 1.11 bits per heavy atom. The molecule has 2 aromatic carbocycles. The molecular weight excluding hydrogens is 360 g/mol. The molecule has 0 radical (unpaired) electrons. The lowest BCUT2D eigenvalue weighted by molar-refractivity contribution is -0.121. The van der Waals surface area contributed by atoms with E-state index in [0.29, 0.717) is 17.9 Å². The standard InChI is InChI=1S/C21H22N2O3S/c1-14-7-6-10-17(15(14)2)22-19(24)11-12-27-18-13-20(25)23(21(18)26)16-8-4-3-5-9-16/h3-10,18H,11-13H2,1-2H3,(H,22,24)/t18-/m0/s1. The van der Waals surface area contributed by atoms with Gasteiger partial charge in [0.1, 0.15) is 0 Å². The van der Waals surface area contributed by atoms with Crippen LogP contribution in [0.15, 0.2) is 48.5 Å². The number of hydrogen-bond acceptors (Lipinski definition) is 4. The summed E-state index contributed by atoms with van der Waals surface area (Å²) >= 11 is 1.37. The summed E-state index contributed by atoms with van der Waals surface area (Å²) in [7, 11) is 0. The number of nitrogens with one attached hydrogen (secondary N) is 1. The monoisotopic (exact) mass is 382 g/mol. The van der Waals surface area contributed by atoms with Crippen molar-refractivity contribution in [1.29, 1.82) is 0 Å². The molecule has 140 valence electrons. The van der Waals surface area contributed by atoms with Crippen molar-refractivity contribution in [2.45, 2.75) is 31.9 Å². The summed E-state index contributed by atoms with van der Waals surface area (Å²) in [4.78, 5) is 38.2. The quantitative estimate of drug-likeness (QED) is 0.774. The highest BCUT2D eigenvalue weighted by molar-refractivity contribution is 8.00. The topological polar surface area (TPSA) is 66.5 Å². The number of hydrogen-bond donors (Lipinski definition) is 1. The highest BCUT2D eigenvalue weighted by atomic mass is 32.2. The van der Waals surface area contributed by atoms with E-state index in [4.69, 9.17) is 0 Å². The summed E-state index contributed by atoms with van der Waals surface area (Å²) in [6, 6.07) is 14.7. The smallest absolute Gasteiger partial charge is 0.247 e. The molecule has 6 heteroatoms. The van der Waals surface area contributed by atoms with Gasteiger partial charge in [-0.2, -0.15) is 0 Å². The van der Waals surface area contributed by atoms with Crippen LogP contribution in [0.3, 0.4) is 0 Å². The number of aryl methyl sites for hydroxylation is 1. The number of rotatable bonds is 6. The third-order valence-corrected chi connectivity index (χ3v) is 5.86. The highest BCUT2D eigenvalue weighted by Gasteiger charge is 2.39. The van der Waals surface area contributed by atoms with Crippen molar-refractivity contribution >= 4 is 40.9 Å².